The average Bonchev–Trinajstić information content (AvgIpc) is 3.00. The van der Waals surface area contributed by atoms with Crippen molar-refractivity contribution in [2.24, 2.45) is 7.05 Å². The summed E-state index contributed by atoms with van der Waals surface area (Å²) in [5.41, 5.74) is -0.171. The first-order valence-corrected chi connectivity index (χ1v) is 10.8. The molecule has 0 unspecified atom stereocenters. The van der Waals surface area contributed by atoms with E-state index in [1.807, 2.05) is 0 Å². The van der Waals surface area contributed by atoms with E-state index in [-0.39, 0.29) is 16.8 Å². The predicted molar refractivity (Wildman–Crippen MR) is 116 cm³/mol. The Bertz CT molecular complexity index is 1320. The molecule has 0 aliphatic heterocycles. The van der Waals surface area contributed by atoms with Gasteiger partial charge < -0.3 is 9.47 Å². The van der Waals surface area contributed by atoms with Crippen molar-refractivity contribution in [1.82, 2.24) is 9.36 Å². The number of anilines is 1. The quantitative estimate of drug-likeness (QED) is 0.558. The normalized spacial score (nSPS) is 11.1. The second kappa shape index (κ2) is 8.71. The number of ether oxygens (including phenoxy) is 2. The Hall–Kier alpha value is -3.86. The monoisotopic (exact) mass is 459 g/mol. The van der Waals surface area contributed by atoms with E-state index in [0.717, 1.165) is 32.4 Å². The Kier molecular flexibility index (Phi) is 6.21. The number of nitrogens with zero attached hydrogens (tertiary/aromatic N) is 2. The molecule has 0 saturated heterocycles. The Balaban J connectivity index is 2.12. The molecule has 32 heavy (non-hydrogen) atoms. The molecule has 3 aromatic rings. The third kappa shape index (κ3) is 4.14. The lowest BCUT2D eigenvalue weighted by Gasteiger charge is -2.10. The molecule has 168 valence electrons. The molecule has 1 aromatic heterocycles. The van der Waals surface area contributed by atoms with Gasteiger partial charge in [0.05, 0.1) is 41.6 Å². The molecule has 0 atom stereocenters. The minimum atomic E-state index is -4.36. The molecule has 0 bridgehead atoms. The molecule has 0 fully saturated rings. The van der Waals surface area contributed by atoms with Crippen LogP contribution in [0.1, 0.15) is 26.4 Å². The second-order valence-electron chi connectivity index (χ2n) is 6.77. The molecule has 0 aliphatic rings. The summed E-state index contributed by atoms with van der Waals surface area (Å²) in [5.74, 6) is -1.68. The minimum Gasteiger partial charge on any atom is -0.465 e. The van der Waals surface area contributed by atoms with Gasteiger partial charge in [-0.1, -0.05) is 18.2 Å². The van der Waals surface area contributed by atoms with Crippen LogP contribution in [0.2, 0.25) is 0 Å². The van der Waals surface area contributed by atoms with Gasteiger partial charge in [-0.15, -0.1) is 0 Å². The molecule has 10 nitrogen and oxygen atoms in total. The first-order valence-electron chi connectivity index (χ1n) is 9.29. The summed E-state index contributed by atoms with van der Waals surface area (Å²) in [7, 11) is -0.497. The van der Waals surface area contributed by atoms with E-state index < -0.39 is 32.4 Å². The molecule has 0 spiro atoms. The van der Waals surface area contributed by atoms with Crippen LogP contribution in [0, 0.1) is 6.92 Å². The maximum absolute atomic E-state index is 13.1. The number of hydrogen-bond donors (Lipinski definition) is 1. The van der Waals surface area contributed by atoms with Gasteiger partial charge in [0.25, 0.3) is 15.6 Å². The Morgan fingerprint density at radius 1 is 0.938 bits per heavy atom. The molecule has 2 aromatic carbocycles. The van der Waals surface area contributed by atoms with Crippen LogP contribution in [0.25, 0.3) is 5.69 Å². The molecule has 3 rings (SSSR count). The maximum Gasteiger partial charge on any atom is 0.337 e. The fraction of sp³-hybridized carbons (Fsp3) is 0.190. The van der Waals surface area contributed by atoms with Gasteiger partial charge >= 0.3 is 11.9 Å². The summed E-state index contributed by atoms with van der Waals surface area (Å²) in [5, 5.41) is 0. The number of rotatable bonds is 6. The van der Waals surface area contributed by atoms with Crippen LogP contribution in [0.4, 0.5) is 5.69 Å². The van der Waals surface area contributed by atoms with Crippen molar-refractivity contribution in [1.29, 1.82) is 0 Å². The highest BCUT2D eigenvalue weighted by atomic mass is 32.2. The molecule has 0 radical (unpaired) electrons. The highest BCUT2D eigenvalue weighted by molar-refractivity contribution is 7.92. The van der Waals surface area contributed by atoms with Gasteiger partial charge in [-0.05, 0) is 37.3 Å². The van der Waals surface area contributed by atoms with Crippen LogP contribution in [-0.4, -0.2) is 43.9 Å². The smallest absolute Gasteiger partial charge is 0.337 e. The summed E-state index contributed by atoms with van der Waals surface area (Å²) in [6.45, 7) is 1.59. The number of aromatic nitrogens is 2. The molecular weight excluding hydrogens is 438 g/mol. The van der Waals surface area contributed by atoms with Gasteiger partial charge in [-0.3, -0.25) is 14.2 Å². The zero-order valence-corrected chi connectivity index (χ0v) is 18.6. The van der Waals surface area contributed by atoms with E-state index in [9.17, 15) is 22.8 Å². The van der Waals surface area contributed by atoms with Gasteiger partial charge in [-0.2, -0.15) is 0 Å². The van der Waals surface area contributed by atoms with Crippen molar-refractivity contribution in [3.05, 3.63) is 75.7 Å². The van der Waals surface area contributed by atoms with Crippen LogP contribution in [-0.2, 0) is 26.5 Å². The van der Waals surface area contributed by atoms with Crippen molar-refractivity contribution in [2.75, 3.05) is 18.9 Å². The Morgan fingerprint density at radius 3 is 1.97 bits per heavy atom. The van der Waals surface area contributed by atoms with Gasteiger partial charge in [0.15, 0.2) is 0 Å². The summed E-state index contributed by atoms with van der Waals surface area (Å²) in [4.78, 5) is 36.6. The summed E-state index contributed by atoms with van der Waals surface area (Å²) < 4.78 is 40.6. The largest absolute Gasteiger partial charge is 0.465 e. The Morgan fingerprint density at radius 2 is 1.47 bits per heavy atom. The molecule has 0 saturated carbocycles. The topological polar surface area (TPSA) is 126 Å². The number of hydrogen-bond acceptors (Lipinski definition) is 7. The van der Waals surface area contributed by atoms with Crippen LogP contribution in [0.3, 0.4) is 0 Å². The zero-order chi connectivity index (χ0) is 23.6. The lowest BCUT2D eigenvalue weighted by Crippen LogP contribution is -2.23. The van der Waals surface area contributed by atoms with Gasteiger partial charge in [0.2, 0.25) is 0 Å². The summed E-state index contributed by atoms with van der Waals surface area (Å²) in [6, 6.07) is 12.0. The molecule has 1 N–H and O–H groups in total. The van der Waals surface area contributed by atoms with Gasteiger partial charge in [0.1, 0.15) is 5.69 Å². The van der Waals surface area contributed by atoms with Gasteiger partial charge in [-0.25, -0.2) is 22.7 Å². The van der Waals surface area contributed by atoms with E-state index in [0.29, 0.717) is 11.4 Å². The highest BCUT2D eigenvalue weighted by Gasteiger charge is 2.25. The number of para-hydroxylation sites is 1. The standard InChI is InChI=1S/C21H21N3O7S/c1-13-18(19(25)24(23(13)2)16-8-6-5-7-9-16)22-32(28,29)17-11-14(20(26)30-3)10-15(12-17)21(27)31-4/h5-12,22H,1-4H3. The number of sulfonamides is 1. The van der Waals surface area contributed by atoms with Crippen molar-refractivity contribution >= 4 is 27.6 Å². The third-order valence-corrected chi connectivity index (χ3v) is 6.18. The molecular formula is C21H21N3O7S. The van der Waals surface area contributed by atoms with Crippen LogP contribution >= 0.6 is 0 Å². The third-order valence-electron chi connectivity index (χ3n) is 4.85. The first-order chi connectivity index (χ1) is 15.1. The molecule has 0 amide bonds. The average molecular weight is 459 g/mol. The summed E-state index contributed by atoms with van der Waals surface area (Å²) in [6.07, 6.45) is 0. The zero-order valence-electron chi connectivity index (χ0n) is 17.8. The van der Waals surface area contributed by atoms with Crippen molar-refractivity contribution in [3.8, 4) is 5.69 Å². The predicted octanol–water partition coefficient (Wildman–Crippen LogP) is 1.86. The number of benzene rings is 2. The SMILES string of the molecule is COC(=O)c1cc(C(=O)OC)cc(S(=O)(=O)Nc2c(C)n(C)n(-c3ccccc3)c2=O)c1. The minimum absolute atomic E-state index is 0.165. The summed E-state index contributed by atoms with van der Waals surface area (Å²) >= 11 is 0. The van der Waals surface area contributed by atoms with Crippen LogP contribution in [0.5, 0.6) is 0 Å². The highest BCUT2D eigenvalue weighted by Crippen LogP contribution is 2.22. The Labute approximate surface area is 184 Å². The molecule has 11 heteroatoms. The maximum atomic E-state index is 13.1. The molecule has 1 heterocycles. The number of carbonyl (C=O) groups is 2. The number of nitrogens with one attached hydrogen (secondary N) is 1. The number of carbonyl (C=O) groups excluding carboxylic acids is 2. The first kappa shape index (κ1) is 22.8. The number of methoxy groups -OCH3 is 2. The van der Waals surface area contributed by atoms with Crippen molar-refractivity contribution in [2.45, 2.75) is 11.8 Å². The van der Waals surface area contributed by atoms with E-state index in [1.165, 1.54) is 9.36 Å². The van der Waals surface area contributed by atoms with E-state index in [4.69, 9.17) is 0 Å². The van der Waals surface area contributed by atoms with E-state index in [2.05, 4.69) is 14.2 Å². The number of esters is 2. The van der Waals surface area contributed by atoms with E-state index in [1.54, 1.807) is 44.3 Å². The fourth-order valence-electron chi connectivity index (χ4n) is 3.10. The van der Waals surface area contributed by atoms with E-state index >= 15 is 0 Å². The van der Waals surface area contributed by atoms with Crippen molar-refractivity contribution in [3.63, 3.8) is 0 Å². The van der Waals surface area contributed by atoms with Crippen molar-refractivity contribution < 1.29 is 27.5 Å². The van der Waals surface area contributed by atoms with Crippen LogP contribution < -0.4 is 10.3 Å². The fourth-order valence-corrected chi connectivity index (χ4v) is 4.29. The lowest BCUT2D eigenvalue weighted by molar-refractivity contribution is 0.0598. The van der Waals surface area contributed by atoms with Crippen LogP contribution in [0.15, 0.2) is 58.2 Å². The second-order valence-corrected chi connectivity index (χ2v) is 8.45. The molecule has 0 aliphatic carbocycles. The lowest BCUT2D eigenvalue weighted by atomic mass is 10.1. The van der Waals surface area contributed by atoms with Gasteiger partial charge in [0, 0.05) is 7.05 Å².